The van der Waals surface area contributed by atoms with Crippen LogP contribution in [0, 0.1) is 0 Å². The highest BCUT2D eigenvalue weighted by Crippen LogP contribution is 2.19. The third-order valence-electron chi connectivity index (χ3n) is 2.51. The molecule has 0 aliphatic carbocycles. The minimum atomic E-state index is -1.01. The Morgan fingerprint density at radius 3 is 2.88 bits per heavy atom. The van der Waals surface area contributed by atoms with E-state index < -0.39 is 18.2 Å². The van der Waals surface area contributed by atoms with Crippen LogP contribution in [-0.4, -0.2) is 34.2 Å². The van der Waals surface area contributed by atoms with Gasteiger partial charge in [0.05, 0.1) is 17.7 Å². The molecule has 0 unspecified atom stereocenters. The minimum absolute atomic E-state index is 0.276. The van der Waals surface area contributed by atoms with Crippen LogP contribution in [0.25, 0.3) is 0 Å². The fraction of sp³-hybridized carbons (Fsp3) is 0.500. The van der Waals surface area contributed by atoms with Gasteiger partial charge in [-0.1, -0.05) is 0 Å². The lowest BCUT2D eigenvalue weighted by atomic mass is 10.2. The number of nitrogens with one attached hydrogen (secondary N) is 1. The second kappa shape index (κ2) is 5.24. The van der Waals surface area contributed by atoms with E-state index >= 15 is 0 Å². The molecule has 2 atom stereocenters. The molecule has 7 heteroatoms. The van der Waals surface area contributed by atoms with Gasteiger partial charge in [0.2, 0.25) is 5.91 Å². The van der Waals surface area contributed by atoms with Gasteiger partial charge in [0, 0.05) is 5.38 Å². The molecule has 92 valence electrons. The number of ether oxygens (including phenoxy) is 1. The van der Waals surface area contributed by atoms with Crippen molar-refractivity contribution in [2.24, 2.45) is 0 Å². The smallest absolute Gasteiger partial charge is 0.332 e. The summed E-state index contributed by atoms with van der Waals surface area (Å²) in [7, 11) is 0. The number of carbonyl (C=O) groups is 2. The maximum atomic E-state index is 11.7. The van der Waals surface area contributed by atoms with Crippen LogP contribution in [0.1, 0.15) is 18.5 Å². The predicted octanol–water partition coefficient (Wildman–Crippen LogP) is 0.391. The molecule has 2 rings (SSSR count). The summed E-state index contributed by atoms with van der Waals surface area (Å²) in [4.78, 5) is 26.3. The number of hydrogen-bond acceptors (Lipinski definition) is 5. The third-order valence-corrected chi connectivity index (χ3v) is 3.15. The maximum Gasteiger partial charge on any atom is 0.332 e. The molecule has 17 heavy (non-hydrogen) atoms. The lowest BCUT2D eigenvalue weighted by Crippen LogP contribution is -2.35. The average molecular weight is 256 g/mol. The summed E-state index contributed by atoms with van der Waals surface area (Å²) < 4.78 is 5.13. The first-order chi connectivity index (χ1) is 8.16. The maximum absolute atomic E-state index is 11.7. The number of hydrogen-bond donors (Lipinski definition) is 2. The second-order valence-electron chi connectivity index (χ2n) is 3.73. The average Bonchev–Trinajstić information content (AvgIpc) is 2.96. The summed E-state index contributed by atoms with van der Waals surface area (Å²) in [6, 6.07) is 0. The molecule has 1 aromatic rings. The normalized spacial score (nSPS) is 23.5. The van der Waals surface area contributed by atoms with Gasteiger partial charge in [0.1, 0.15) is 6.10 Å². The van der Waals surface area contributed by atoms with Crippen molar-refractivity contribution < 1.29 is 19.4 Å². The summed E-state index contributed by atoms with van der Waals surface area (Å²) in [5.74, 6) is -1.29. The molecule has 1 aliphatic heterocycles. The molecular formula is C10H12N2O4S. The van der Waals surface area contributed by atoms with Crippen LogP contribution >= 0.6 is 11.3 Å². The number of thiazole rings is 1. The lowest BCUT2D eigenvalue weighted by Gasteiger charge is -2.10. The summed E-state index contributed by atoms with van der Waals surface area (Å²) in [5.41, 5.74) is 2.48. The quantitative estimate of drug-likeness (QED) is 0.813. The summed E-state index contributed by atoms with van der Waals surface area (Å²) in [6.07, 6.45) is -0.691. The second-order valence-corrected chi connectivity index (χ2v) is 4.45. The van der Waals surface area contributed by atoms with E-state index in [1.807, 2.05) is 5.38 Å². The monoisotopic (exact) mass is 256 g/mol. The van der Waals surface area contributed by atoms with Gasteiger partial charge in [-0.25, -0.2) is 9.78 Å². The largest absolute Gasteiger partial charge is 0.479 e. The van der Waals surface area contributed by atoms with Gasteiger partial charge in [-0.15, -0.1) is 11.3 Å². The zero-order chi connectivity index (χ0) is 12.3. The van der Waals surface area contributed by atoms with Gasteiger partial charge in [0.15, 0.2) is 6.10 Å². The van der Waals surface area contributed by atoms with E-state index in [2.05, 4.69) is 10.3 Å². The van der Waals surface area contributed by atoms with Crippen molar-refractivity contribution in [3.63, 3.8) is 0 Å². The van der Waals surface area contributed by atoms with Crippen molar-refractivity contribution in [2.75, 3.05) is 0 Å². The number of aromatic nitrogens is 1. The molecule has 1 aliphatic rings. The molecule has 1 saturated heterocycles. The van der Waals surface area contributed by atoms with Crippen molar-refractivity contribution in [1.29, 1.82) is 0 Å². The van der Waals surface area contributed by atoms with Gasteiger partial charge in [-0.2, -0.15) is 0 Å². The van der Waals surface area contributed by atoms with E-state index in [1.165, 1.54) is 11.3 Å². The number of nitrogens with zero attached hydrogens (tertiary/aromatic N) is 1. The molecule has 1 fully saturated rings. The number of carboxylic acids is 1. The Morgan fingerprint density at radius 2 is 2.29 bits per heavy atom. The fourth-order valence-corrected chi connectivity index (χ4v) is 2.19. The SMILES string of the molecule is O=C(NCc1cscn1)[C@@H]1CC[C@H](C(=O)O)O1. The van der Waals surface area contributed by atoms with E-state index in [0.29, 0.717) is 19.4 Å². The fourth-order valence-electron chi connectivity index (χ4n) is 1.63. The molecule has 1 aromatic heterocycles. The summed E-state index contributed by atoms with van der Waals surface area (Å²) in [5, 5.41) is 13.2. The molecular weight excluding hydrogens is 244 g/mol. The van der Waals surface area contributed by atoms with E-state index in [1.54, 1.807) is 5.51 Å². The van der Waals surface area contributed by atoms with E-state index in [4.69, 9.17) is 9.84 Å². The Kier molecular flexibility index (Phi) is 3.70. The lowest BCUT2D eigenvalue weighted by molar-refractivity contribution is -0.151. The van der Waals surface area contributed by atoms with Crippen molar-refractivity contribution >= 4 is 23.2 Å². The number of amides is 1. The van der Waals surface area contributed by atoms with Crippen LogP contribution in [-0.2, 0) is 20.9 Å². The van der Waals surface area contributed by atoms with Crippen molar-refractivity contribution in [3.05, 3.63) is 16.6 Å². The molecule has 1 amide bonds. The predicted molar refractivity (Wildman–Crippen MR) is 59.5 cm³/mol. The number of rotatable bonds is 4. The third kappa shape index (κ3) is 3.01. The van der Waals surface area contributed by atoms with Gasteiger partial charge in [0.25, 0.3) is 0 Å². The molecule has 0 bridgehead atoms. The summed E-state index contributed by atoms with van der Waals surface area (Å²) >= 11 is 1.46. The van der Waals surface area contributed by atoms with Crippen LogP contribution in [0.5, 0.6) is 0 Å². The van der Waals surface area contributed by atoms with Crippen LogP contribution in [0.3, 0.4) is 0 Å². The zero-order valence-corrected chi connectivity index (χ0v) is 9.77. The minimum Gasteiger partial charge on any atom is -0.479 e. The molecule has 2 heterocycles. The molecule has 0 radical (unpaired) electrons. The zero-order valence-electron chi connectivity index (χ0n) is 8.96. The van der Waals surface area contributed by atoms with Crippen molar-refractivity contribution in [3.8, 4) is 0 Å². The first-order valence-electron chi connectivity index (χ1n) is 5.20. The van der Waals surface area contributed by atoms with Crippen LogP contribution < -0.4 is 5.32 Å². The highest BCUT2D eigenvalue weighted by molar-refractivity contribution is 7.07. The highest BCUT2D eigenvalue weighted by Gasteiger charge is 2.34. The molecule has 0 aromatic carbocycles. The van der Waals surface area contributed by atoms with Crippen LogP contribution in [0.15, 0.2) is 10.9 Å². The standard InChI is InChI=1S/C10H12N2O4S/c13-9(11-3-6-4-17-5-12-6)7-1-2-8(16-7)10(14)15/h4-5,7-8H,1-3H2,(H,11,13)(H,14,15)/t7-,8+/m0/s1. The van der Waals surface area contributed by atoms with E-state index in [0.717, 1.165) is 5.69 Å². The van der Waals surface area contributed by atoms with Crippen molar-refractivity contribution in [2.45, 2.75) is 31.6 Å². The molecule has 6 nitrogen and oxygen atoms in total. The van der Waals surface area contributed by atoms with Gasteiger partial charge in [-0.05, 0) is 12.8 Å². The van der Waals surface area contributed by atoms with Crippen LogP contribution in [0.4, 0.5) is 0 Å². The number of carbonyl (C=O) groups excluding carboxylic acids is 1. The van der Waals surface area contributed by atoms with Gasteiger partial charge < -0.3 is 15.2 Å². The van der Waals surface area contributed by atoms with E-state index in [-0.39, 0.29) is 5.91 Å². The molecule has 0 spiro atoms. The van der Waals surface area contributed by atoms with Gasteiger partial charge >= 0.3 is 5.97 Å². The van der Waals surface area contributed by atoms with Crippen molar-refractivity contribution in [1.82, 2.24) is 10.3 Å². The number of carboxylic acid groups (broad SMARTS) is 1. The Balaban J connectivity index is 1.79. The Labute approximate surface area is 102 Å². The van der Waals surface area contributed by atoms with Gasteiger partial charge in [-0.3, -0.25) is 4.79 Å². The number of aliphatic carboxylic acids is 1. The van der Waals surface area contributed by atoms with Crippen LogP contribution in [0.2, 0.25) is 0 Å². The summed E-state index contributed by atoms with van der Waals surface area (Å²) in [6.45, 7) is 0.347. The first kappa shape index (κ1) is 12.0. The topological polar surface area (TPSA) is 88.5 Å². The molecule has 0 saturated carbocycles. The van der Waals surface area contributed by atoms with E-state index in [9.17, 15) is 9.59 Å². The Morgan fingerprint density at radius 1 is 1.53 bits per heavy atom. The Bertz CT molecular complexity index is 406. The first-order valence-corrected chi connectivity index (χ1v) is 6.14. The molecule has 2 N–H and O–H groups in total. The highest BCUT2D eigenvalue weighted by atomic mass is 32.1. The Hall–Kier alpha value is -1.47.